The molecule has 1 aromatic rings. The Morgan fingerprint density at radius 3 is 2.65 bits per heavy atom. The number of rotatable bonds is 8. The molecule has 0 bridgehead atoms. The molecule has 1 fully saturated rings. The minimum absolute atomic E-state index is 0.118. The fraction of sp³-hybridized carbons (Fsp3) is 0.500. The average Bonchev–Trinajstić information content (AvgIpc) is 3.16. The summed E-state index contributed by atoms with van der Waals surface area (Å²) in [5.74, 6) is -0.717. The van der Waals surface area contributed by atoms with Crippen LogP contribution in [-0.4, -0.2) is 50.4 Å². The highest BCUT2D eigenvalue weighted by Gasteiger charge is 2.16. The third-order valence-corrected chi connectivity index (χ3v) is 3.67. The van der Waals surface area contributed by atoms with Crippen molar-refractivity contribution in [3.8, 4) is 5.75 Å². The van der Waals surface area contributed by atoms with Gasteiger partial charge in [-0.2, -0.15) is 0 Å². The molecule has 3 amide bonds. The van der Waals surface area contributed by atoms with Gasteiger partial charge in [0.05, 0.1) is 11.7 Å². The summed E-state index contributed by atoms with van der Waals surface area (Å²) in [6, 6.07) is 5.81. The second kappa shape index (κ2) is 10.4. The molecule has 8 nitrogen and oxygen atoms in total. The number of esters is 1. The van der Waals surface area contributed by atoms with Gasteiger partial charge in [-0.1, -0.05) is 6.92 Å². The highest BCUT2D eigenvalue weighted by molar-refractivity contribution is 5.97. The quantitative estimate of drug-likeness (QED) is 0.680. The summed E-state index contributed by atoms with van der Waals surface area (Å²) in [4.78, 5) is 34.8. The first-order chi connectivity index (χ1) is 12.6. The molecule has 1 saturated heterocycles. The molecule has 0 spiro atoms. The molecule has 2 N–H and O–H groups in total. The lowest BCUT2D eigenvalue weighted by Gasteiger charge is -2.11. The number of hydrogen-bond acceptors (Lipinski definition) is 6. The van der Waals surface area contributed by atoms with Crippen LogP contribution in [0.25, 0.3) is 0 Å². The molecule has 1 aliphatic rings. The van der Waals surface area contributed by atoms with E-state index in [0.29, 0.717) is 18.9 Å². The molecule has 0 radical (unpaired) electrons. The van der Waals surface area contributed by atoms with Gasteiger partial charge < -0.3 is 19.5 Å². The number of carbonyl (C=O) groups excluding carboxylic acids is 3. The maximum atomic E-state index is 11.9. The van der Waals surface area contributed by atoms with Crippen molar-refractivity contribution in [1.29, 1.82) is 0 Å². The fourth-order valence-corrected chi connectivity index (χ4v) is 2.31. The lowest BCUT2D eigenvalue weighted by Crippen LogP contribution is -2.41. The summed E-state index contributed by atoms with van der Waals surface area (Å²) in [6.45, 7) is 3.06. The average molecular weight is 364 g/mol. The Hall–Kier alpha value is -2.61. The minimum atomic E-state index is -0.691. The van der Waals surface area contributed by atoms with E-state index < -0.39 is 24.5 Å². The Bertz CT molecular complexity index is 611. The van der Waals surface area contributed by atoms with Crippen molar-refractivity contribution in [3.05, 3.63) is 29.8 Å². The van der Waals surface area contributed by atoms with Crippen LogP contribution in [0.1, 0.15) is 36.5 Å². The molecule has 1 aliphatic heterocycles. The molecule has 1 unspecified atom stereocenters. The second-order valence-corrected chi connectivity index (χ2v) is 5.85. The zero-order valence-corrected chi connectivity index (χ0v) is 14.8. The van der Waals surface area contributed by atoms with Crippen LogP contribution in [0.15, 0.2) is 24.3 Å². The first kappa shape index (κ1) is 19.7. The Kier molecular flexibility index (Phi) is 7.88. The van der Waals surface area contributed by atoms with Gasteiger partial charge >= 0.3 is 12.0 Å². The van der Waals surface area contributed by atoms with Crippen LogP contribution < -0.4 is 15.4 Å². The lowest BCUT2D eigenvalue weighted by molar-refractivity contribution is -0.123. The zero-order valence-electron chi connectivity index (χ0n) is 14.8. The van der Waals surface area contributed by atoms with E-state index in [0.717, 1.165) is 25.9 Å². The number of amides is 3. The molecule has 0 saturated carbocycles. The number of carbonyl (C=O) groups is 3. The largest absolute Gasteiger partial charge is 0.491 e. The molecule has 26 heavy (non-hydrogen) atoms. The van der Waals surface area contributed by atoms with Gasteiger partial charge in [-0.3, -0.25) is 10.1 Å². The molecule has 8 heteroatoms. The standard InChI is InChI=1S/C18H24N2O6/c1-2-9-19-18(23)20-16(21)12-26-17(22)13-5-7-14(8-6-13)25-11-15-4-3-10-24-15/h5-8,15H,2-4,9-12H2,1H3,(H2,19,20,21,23). The van der Waals surface area contributed by atoms with Gasteiger partial charge in [-0.05, 0) is 43.5 Å². The molecule has 0 aromatic heterocycles. The number of ether oxygens (including phenoxy) is 3. The molecule has 1 aromatic carbocycles. The highest BCUT2D eigenvalue weighted by Crippen LogP contribution is 2.17. The Morgan fingerprint density at radius 2 is 2.00 bits per heavy atom. The first-order valence-corrected chi connectivity index (χ1v) is 8.67. The van der Waals surface area contributed by atoms with Crippen LogP contribution in [0.5, 0.6) is 5.75 Å². The third kappa shape index (κ3) is 6.72. The van der Waals surface area contributed by atoms with Crippen molar-refractivity contribution >= 4 is 17.9 Å². The van der Waals surface area contributed by atoms with Crippen LogP contribution in [0, 0.1) is 0 Å². The van der Waals surface area contributed by atoms with Crippen LogP contribution >= 0.6 is 0 Å². The van der Waals surface area contributed by atoms with Crippen molar-refractivity contribution in [3.63, 3.8) is 0 Å². The van der Waals surface area contributed by atoms with Gasteiger partial charge in [-0.15, -0.1) is 0 Å². The molecule has 2 rings (SSSR count). The predicted octanol–water partition coefficient (Wildman–Crippen LogP) is 1.64. The maximum Gasteiger partial charge on any atom is 0.338 e. The van der Waals surface area contributed by atoms with Crippen molar-refractivity contribution in [2.24, 2.45) is 0 Å². The van der Waals surface area contributed by atoms with E-state index in [1.165, 1.54) is 0 Å². The normalized spacial score (nSPS) is 16.0. The van der Waals surface area contributed by atoms with Crippen LogP contribution in [0.2, 0.25) is 0 Å². The van der Waals surface area contributed by atoms with E-state index in [2.05, 4.69) is 10.6 Å². The van der Waals surface area contributed by atoms with Crippen molar-refractivity contribution in [2.45, 2.75) is 32.3 Å². The smallest absolute Gasteiger partial charge is 0.338 e. The SMILES string of the molecule is CCCNC(=O)NC(=O)COC(=O)c1ccc(OCC2CCCO2)cc1. The molecule has 1 atom stereocenters. The number of hydrogen-bond donors (Lipinski definition) is 2. The van der Waals surface area contributed by atoms with Crippen LogP contribution in [0.4, 0.5) is 4.79 Å². The lowest BCUT2D eigenvalue weighted by atomic mass is 10.2. The van der Waals surface area contributed by atoms with Gasteiger partial charge in [0.2, 0.25) is 0 Å². The summed E-state index contributed by atoms with van der Waals surface area (Å²) < 4.78 is 16.0. The summed E-state index contributed by atoms with van der Waals surface area (Å²) >= 11 is 0. The van der Waals surface area contributed by atoms with Crippen molar-refractivity contribution in [2.75, 3.05) is 26.4 Å². The monoisotopic (exact) mass is 364 g/mol. The Balaban J connectivity index is 1.71. The number of benzene rings is 1. The van der Waals surface area contributed by atoms with Crippen molar-refractivity contribution in [1.82, 2.24) is 10.6 Å². The van der Waals surface area contributed by atoms with Gasteiger partial charge in [0.1, 0.15) is 12.4 Å². The van der Waals surface area contributed by atoms with Gasteiger partial charge in [0, 0.05) is 13.2 Å². The minimum Gasteiger partial charge on any atom is -0.491 e. The second-order valence-electron chi connectivity index (χ2n) is 5.85. The van der Waals surface area contributed by atoms with E-state index in [-0.39, 0.29) is 11.7 Å². The number of imide groups is 1. The molecule has 142 valence electrons. The van der Waals surface area contributed by atoms with E-state index in [4.69, 9.17) is 14.2 Å². The highest BCUT2D eigenvalue weighted by atomic mass is 16.5. The number of nitrogens with one attached hydrogen (secondary N) is 2. The zero-order chi connectivity index (χ0) is 18.8. The fourth-order valence-electron chi connectivity index (χ4n) is 2.31. The molecule has 0 aliphatic carbocycles. The van der Waals surface area contributed by atoms with E-state index in [1.807, 2.05) is 6.92 Å². The topological polar surface area (TPSA) is 103 Å². The summed E-state index contributed by atoms with van der Waals surface area (Å²) in [5, 5.41) is 4.56. The van der Waals surface area contributed by atoms with Crippen LogP contribution in [0.3, 0.4) is 0 Å². The van der Waals surface area contributed by atoms with E-state index in [9.17, 15) is 14.4 Å². The van der Waals surface area contributed by atoms with E-state index >= 15 is 0 Å². The van der Waals surface area contributed by atoms with E-state index in [1.54, 1.807) is 24.3 Å². The Morgan fingerprint density at radius 1 is 1.23 bits per heavy atom. The predicted molar refractivity (Wildman–Crippen MR) is 93.0 cm³/mol. The first-order valence-electron chi connectivity index (χ1n) is 8.67. The Labute approximate surface area is 152 Å². The summed E-state index contributed by atoms with van der Waals surface area (Å²) in [7, 11) is 0. The van der Waals surface area contributed by atoms with Gasteiger partial charge in [0.25, 0.3) is 5.91 Å². The maximum absolute atomic E-state index is 11.9. The molecule has 1 heterocycles. The van der Waals surface area contributed by atoms with Gasteiger partial charge in [0.15, 0.2) is 6.61 Å². The molecular formula is C18H24N2O6. The number of urea groups is 1. The molecular weight excluding hydrogens is 340 g/mol. The third-order valence-electron chi connectivity index (χ3n) is 3.67. The summed E-state index contributed by atoms with van der Waals surface area (Å²) in [6.07, 6.45) is 2.91. The summed E-state index contributed by atoms with van der Waals surface area (Å²) in [5.41, 5.74) is 0.290. The van der Waals surface area contributed by atoms with Gasteiger partial charge in [-0.25, -0.2) is 9.59 Å². The van der Waals surface area contributed by atoms with Crippen molar-refractivity contribution < 1.29 is 28.6 Å². The van der Waals surface area contributed by atoms with Crippen LogP contribution in [-0.2, 0) is 14.3 Å².